The van der Waals surface area contributed by atoms with Crippen LogP contribution >= 0.6 is 0 Å². The van der Waals surface area contributed by atoms with Crippen molar-refractivity contribution in [2.24, 2.45) is 5.92 Å². The van der Waals surface area contributed by atoms with E-state index in [9.17, 15) is 9.90 Å². The average Bonchev–Trinajstić information content (AvgIpc) is 2.80. The maximum absolute atomic E-state index is 12.8. The van der Waals surface area contributed by atoms with Gasteiger partial charge in [-0.25, -0.2) is 0 Å². The van der Waals surface area contributed by atoms with Crippen molar-refractivity contribution in [1.82, 2.24) is 4.90 Å². The first-order chi connectivity index (χ1) is 14.4. The number of benzene rings is 2. The molecule has 0 spiro atoms. The van der Waals surface area contributed by atoms with Crippen LogP contribution in [0.25, 0.3) is 0 Å². The highest BCUT2D eigenvalue weighted by Crippen LogP contribution is 2.22. The first-order valence-corrected chi connectivity index (χ1v) is 10.6. The lowest BCUT2D eigenvalue weighted by Crippen LogP contribution is -2.41. The Morgan fingerprint density at radius 3 is 2.33 bits per heavy atom. The van der Waals surface area contributed by atoms with E-state index in [1.54, 1.807) is 19.1 Å². The van der Waals surface area contributed by atoms with Crippen LogP contribution in [0, 0.1) is 5.92 Å². The molecule has 5 nitrogen and oxygen atoms in total. The van der Waals surface area contributed by atoms with Crippen LogP contribution in [0.2, 0.25) is 0 Å². The third-order valence-electron chi connectivity index (χ3n) is 5.58. The van der Waals surface area contributed by atoms with E-state index in [-0.39, 0.29) is 17.9 Å². The first-order valence-electron chi connectivity index (χ1n) is 10.6. The van der Waals surface area contributed by atoms with Gasteiger partial charge in [-0.1, -0.05) is 55.8 Å². The lowest BCUT2D eigenvalue weighted by atomic mass is 9.99. The molecule has 0 saturated carbocycles. The second-order valence-electron chi connectivity index (χ2n) is 7.84. The first kappa shape index (κ1) is 23.9. The SMILES string of the molecule is COc1ccc(COCCCC[C@@H](C)C(=O)N(C)[C@H](C)[C@H](O)c2ccccc2)cc1. The zero-order chi connectivity index (χ0) is 21.9. The fourth-order valence-corrected chi connectivity index (χ4v) is 3.38. The number of hydrogen-bond acceptors (Lipinski definition) is 4. The van der Waals surface area contributed by atoms with Gasteiger partial charge >= 0.3 is 0 Å². The van der Waals surface area contributed by atoms with E-state index in [1.165, 1.54) is 0 Å². The molecule has 2 rings (SSSR count). The molecule has 2 aromatic rings. The van der Waals surface area contributed by atoms with Crippen molar-refractivity contribution < 1.29 is 19.4 Å². The standard InChI is InChI=1S/C25H35NO4/c1-19(10-8-9-17-30-18-21-13-15-23(29-4)16-14-21)25(28)26(3)20(2)24(27)22-11-6-5-7-12-22/h5-7,11-16,19-20,24,27H,8-10,17-18H2,1-4H3/t19-,20-,24+/m1/s1. The van der Waals surface area contributed by atoms with Gasteiger partial charge < -0.3 is 19.5 Å². The minimum Gasteiger partial charge on any atom is -0.497 e. The molecule has 5 heteroatoms. The Kier molecular flexibility index (Phi) is 9.84. The number of aliphatic hydroxyl groups excluding tert-OH is 1. The van der Waals surface area contributed by atoms with Gasteiger partial charge in [-0.05, 0) is 43.0 Å². The molecule has 0 heterocycles. The van der Waals surface area contributed by atoms with E-state index in [1.807, 2.05) is 68.4 Å². The predicted octanol–water partition coefficient (Wildman–Crippen LogP) is 4.60. The fourth-order valence-electron chi connectivity index (χ4n) is 3.38. The van der Waals surface area contributed by atoms with E-state index in [4.69, 9.17) is 9.47 Å². The molecule has 3 atom stereocenters. The molecule has 1 N–H and O–H groups in total. The number of unbranched alkanes of at least 4 members (excludes halogenated alkanes) is 1. The van der Waals surface area contributed by atoms with Gasteiger partial charge in [0.1, 0.15) is 5.75 Å². The van der Waals surface area contributed by atoms with Gasteiger partial charge in [0, 0.05) is 19.6 Å². The number of likely N-dealkylation sites (N-methyl/N-ethyl adjacent to an activating group) is 1. The fraction of sp³-hybridized carbons (Fsp3) is 0.480. The highest BCUT2D eigenvalue weighted by Gasteiger charge is 2.26. The molecule has 164 valence electrons. The molecule has 0 fully saturated rings. The molecule has 0 aliphatic carbocycles. The van der Waals surface area contributed by atoms with Crippen molar-refractivity contribution in [3.8, 4) is 5.75 Å². The number of amides is 1. The van der Waals surface area contributed by atoms with Gasteiger partial charge in [-0.3, -0.25) is 4.79 Å². The van der Waals surface area contributed by atoms with Crippen LogP contribution in [-0.2, 0) is 16.1 Å². The summed E-state index contributed by atoms with van der Waals surface area (Å²) in [7, 11) is 3.43. The van der Waals surface area contributed by atoms with Crippen molar-refractivity contribution in [1.29, 1.82) is 0 Å². The lowest BCUT2D eigenvalue weighted by molar-refractivity contribution is -0.138. The molecule has 0 unspecified atom stereocenters. The number of carbonyl (C=O) groups excluding carboxylic acids is 1. The Hall–Kier alpha value is -2.37. The van der Waals surface area contributed by atoms with E-state index in [2.05, 4.69) is 0 Å². The van der Waals surface area contributed by atoms with E-state index in [0.717, 1.165) is 36.1 Å². The smallest absolute Gasteiger partial charge is 0.225 e. The second-order valence-corrected chi connectivity index (χ2v) is 7.84. The topological polar surface area (TPSA) is 59.0 Å². The minimum atomic E-state index is -0.696. The number of aliphatic hydroxyl groups is 1. The quantitative estimate of drug-likeness (QED) is 0.517. The summed E-state index contributed by atoms with van der Waals surface area (Å²) in [5, 5.41) is 10.6. The van der Waals surface area contributed by atoms with Gasteiger partial charge in [0.05, 0.1) is 25.9 Å². The third-order valence-corrected chi connectivity index (χ3v) is 5.58. The van der Waals surface area contributed by atoms with Gasteiger partial charge in [-0.15, -0.1) is 0 Å². The van der Waals surface area contributed by atoms with E-state index < -0.39 is 6.10 Å². The number of rotatable bonds is 12. The van der Waals surface area contributed by atoms with Crippen molar-refractivity contribution in [3.63, 3.8) is 0 Å². The predicted molar refractivity (Wildman–Crippen MR) is 119 cm³/mol. The number of ether oxygens (including phenoxy) is 2. The van der Waals surface area contributed by atoms with Crippen LogP contribution in [0.3, 0.4) is 0 Å². The summed E-state index contributed by atoms with van der Waals surface area (Å²) in [5.74, 6) is 0.826. The van der Waals surface area contributed by atoms with Crippen LogP contribution in [0.4, 0.5) is 0 Å². The van der Waals surface area contributed by atoms with E-state index in [0.29, 0.717) is 13.2 Å². The molecule has 0 aliphatic rings. The van der Waals surface area contributed by atoms with Crippen molar-refractivity contribution in [2.75, 3.05) is 20.8 Å². The summed E-state index contributed by atoms with van der Waals surface area (Å²) in [6, 6.07) is 17.0. The van der Waals surface area contributed by atoms with Crippen LogP contribution in [0.5, 0.6) is 5.75 Å². The molecule has 30 heavy (non-hydrogen) atoms. The summed E-state index contributed by atoms with van der Waals surface area (Å²) in [6.07, 6.45) is 1.96. The second kappa shape index (κ2) is 12.4. The summed E-state index contributed by atoms with van der Waals surface area (Å²) in [6.45, 7) is 5.09. The molecular weight excluding hydrogens is 378 g/mol. The normalized spacial score (nSPS) is 14.0. The Labute approximate surface area is 180 Å². The van der Waals surface area contributed by atoms with Crippen LogP contribution < -0.4 is 4.74 Å². The maximum Gasteiger partial charge on any atom is 0.225 e. The van der Waals surface area contributed by atoms with Crippen molar-refractivity contribution >= 4 is 5.91 Å². The van der Waals surface area contributed by atoms with Crippen LogP contribution in [0.15, 0.2) is 54.6 Å². The summed E-state index contributed by atoms with van der Waals surface area (Å²) in [5.41, 5.74) is 1.94. The van der Waals surface area contributed by atoms with Gasteiger partial charge in [0.2, 0.25) is 5.91 Å². The number of carbonyl (C=O) groups is 1. The summed E-state index contributed by atoms with van der Waals surface area (Å²) >= 11 is 0. The molecular formula is C25H35NO4. The molecule has 0 aliphatic heterocycles. The molecule has 0 saturated heterocycles. The number of hydrogen-bond donors (Lipinski definition) is 1. The zero-order valence-corrected chi connectivity index (χ0v) is 18.6. The highest BCUT2D eigenvalue weighted by atomic mass is 16.5. The lowest BCUT2D eigenvalue weighted by Gasteiger charge is -2.31. The monoisotopic (exact) mass is 413 g/mol. The molecule has 0 bridgehead atoms. The highest BCUT2D eigenvalue weighted by molar-refractivity contribution is 5.78. The average molecular weight is 414 g/mol. The van der Waals surface area contributed by atoms with E-state index >= 15 is 0 Å². The van der Waals surface area contributed by atoms with Crippen LogP contribution in [0.1, 0.15) is 50.3 Å². The zero-order valence-electron chi connectivity index (χ0n) is 18.6. The van der Waals surface area contributed by atoms with Gasteiger partial charge in [0.25, 0.3) is 0 Å². The summed E-state index contributed by atoms with van der Waals surface area (Å²) in [4.78, 5) is 14.4. The van der Waals surface area contributed by atoms with Gasteiger partial charge in [0.15, 0.2) is 0 Å². The maximum atomic E-state index is 12.8. The van der Waals surface area contributed by atoms with Gasteiger partial charge in [-0.2, -0.15) is 0 Å². The molecule has 1 amide bonds. The largest absolute Gasteiger partial charge is 0.497 e. The third kappa shape index (κ3) is 7.15. The van der Waals surface area contributed by atoms with Crippen molar-refractivity contribution in [3.05, 3.63) is 65.7 Å². The molecule has 0 aromatic heterocycles. The number of nitrogens with zero attached hydrogens (tertiary/aromatic N) is 1. The Morgan fingerprint density at radius 1 is 1.03 bits per heavy atom. The van der Waals surface area contributed by atoms with Crippen molar-refractivity contribution in [2.45, 2.75) is 51.9 Å². The Bertz CT molecular complexity index is 748. The molecule has 2 aromatic carbocycles. The Morgan fingerprint density at radius 2 is 1.70 bits per heavy atom. The summed E-state index contributed by atoms with van der Waals surface area (Å²) < 4.78 is 10.9. The Balaban J connectivity index is 1.66. The molecule has 0 radical (unpaired) electrons. The minimum absolute atomic E-state index is 0.0663. The van der Waals surface area contributed by atoms with Crippen LogP contribution in [-0.4, -0.2) is 42.7 Å². The number of methoxy groups -OCH3 is 1.